The van der Waals surface area contributed by atoms with Crippen LogP contribution in [0.4, 0.5) is 0 Å². The Morgan fingerprint density at radius 3 is 2.36 bits per heavy atom. The van der Waals surface area contributed by atoms with Crippen molar-refractivity contribution in [2.75, 3.05) is 26.2 Å². The molecule has 2 aromatic rings. The molecule has 1 saturated heterocycles. The average molecular weight is 315 g/mol. The molecule has 1 heterocycles. The molecule has 1 aliphatic heterocycles. The van der Waals surface area contributed by atoms with Gasteiger partial charge in [-0.15, -0.1) is 0 Å². The molecule has 3 rings (SSSR count). The first-order chi connectivity index (χ1) is 10.7. The van der Waals surface area contributed by atoms with Gasteiger partial charge in [-0.1, -0.05) is 41.9 Å². The maximum absolute atomic E-state index is 12.4. The summed E-state index contributed by atoms with van der Waals surface area (Å²) < 4.78 is 0. The van der Waals surface area contributed by atoms with Crippen LogP contribution in [0.1, 0.15) is 15.9 Å². The molecule has 0 unspecified atom stereocenters. The molecular formula is C18H19ClN2O. The van der Waals surface area contributed by atoms with Gasteiger partial charge in [0.15, 0.2) is 0 Å². The van der Waals surface area contributed by atoms with E-state index in [4.69, 9.17) is 11.6 Å². The highest BCUT2D eigenvalue weighted by Crippen LogP contribution is 2.15. The summed E-state index contributed by atoms with van der Waals surface area (Å²) in [5.41, 5.74) is 1.99. The van der Waals surface area contributed by atoms with Crippen molar-refractivity contribution in [3.8, 4) is 0 Å². The minimum absolute atomic E-state index is 0.128. The number of halogens is 1. The highest BCUT2D eigenvalue weighted by atomic mass is 35.5. The van der Waals surface area contributed by atoms with E-state index < -0.39 is 0 Å². The number of rotatable bonds is 3. The second-order valence-electron chi connectivity index (χ2n) is 5.56. The summed E-state index contributed by atoms with van der Waals surface area (Å²) in [5, 5.41) is 0.774. The van der Waals surface area contributed by atoms with E-state index in [0.717, 1.165) is 43.3 Å². The Morgan fingerprint density at radius 2 is 1.68 bits per heavy atom. The van der Waals surface area contributed by atoms with Crippen LogP contribution < -0.4 is 0 Å². The van der Waals surface area contributed by atoms with E-state index in [9.17, 15) is 4.79 Å². The van der Waals surface area contributed by atoms with Crippen LogP contribution in [-0.4, -0.2) is 41.9 Å². The Hall–Kier alpha value is -1.84. The fraction of sp³-hybridized carbons (Fsp3) is 0.278. The van der Waals surface area contributed by atoms with Crippen LogP contribution in [0.25, 0.3) is 0 Å². The van der Waals surface area contributed by atoms with E-state index in [2.05, 4.69) is 11.0 Å². The lowest BCUT2D eigenvalue weighted by Gasteiger charge is -2.34. The van der Waals surface area contributed by atoms with E-state index in [1.165, 1.54) is 5.56 Å². The van der Waals surface area contributed by atoms with Gasteiger partial charge in [0.25, 0.3) is 5.91 Å². The fourth-order valence-electron chi connectivity index (χ4n) is 2.77. The number of carbonyl (C=O) groups is 1. The fourth-order valence-corrected chi connectivity index (χ4v) is 2.98. The van der Waals surface area contributed by atoms with Crippen molar-refractivity contribution >= 4 is 17.5 Å². The summed E-state index contributed by atoms with van der Waals surface area (Å²) in [7, 11) is 0. The van der Waals surface area contributed by atoms with E-state index in [0.29, 0.717) is 0 Å². The van der Waals surface area contributed by atoms with Crippen molar-refractivity contribution in [3.05, 3.63) is 70.7 Å². The molecule has 2 aromatic carbocycles. The number of nitrogens with zero attached hydrogens (tertiary/aromatic N) is 2. The minimum atomic E-state index is 0.128. The zero-order valence-electron chi connectivity index (χ0n) is 12.4. The van der Waals surface area contributed by atoms with Crippen molar-refractivity contribution in [3.63, 3.8) is 0 Å². The number of carbonyl (C=O) groups excluding carboxylic acids is 1. The van der Waals surface area contributed by atoms with Crippen molar-refractivity contribution in [2.24, 2.45) is 0 Å². The lowest BCUT2D eigenvalue weighted by atomic mass is 10.1. The van der Waals surface area contributed by atoms with Gasteiger partial charge in [0.2, 0.25) is 0 Å². The average Bonchev–Trinajstić information content (AvgIpc) is 2.56. The topological polar surface area (TPSA) is 23.6 Å². The van der Waals surface area contributed by atoms with Crippen LogP contribution in [0.15, 0.2) is 54.6 Å². The van der Waals surface area contributed by atoms with Gasteiger partial charge in [-0.3, -0.25) is 9.69 Å². The molecule has 114 valence electrons. The second kappa shape index (κ2) is 6.95. The SMILES string of the molecule is O=C(c1ccccc1)N1CCN(Cc2cccc(Cl)c2)CC1. The smallest absolute Gasteiger partial charge is 0.253 e. The van der Waals surface area contributed by atoms with Crippen LogP contribution in [0.2, 0.25) is 5.02 Å². The molecule has 0 atom stereocenters. The predicted molar refractivity (Wildman–Crippen MR) is 89.1 cm³/mol. The summed E-state index contributed by atoms with van der Waals surface area (Å²) in [6.07, 6.45) is 0. The zero-order valence-corrected chi connectivity index (χ0v) is 13.2. The van der Waals surface area contributed by atoms with Gasteiger partial charge in [0, 0.05) is 43.3 Å². The Kier molecular flexibility index (Phi) is 4.76. The summed E-state index contributed by atoms with van der Waals surface area (Å²) in [6.45, 7) is 4.21. The standard InChI is InChI=1S/C18H19ClN2O/c19-17-8-4-5-15(13-17)14-20-9-11-21(12-10-20)18(22)16-6-2-1-3-7-16/h1-8,13H,9-12,14H2. The van der Waals surface area contributed by atoms with Crippen molar-refractivity contribution in [1.82, 2.24) is 9.80 Å². The molecule has 0 N–H and O–H groups in total. The predicted octanol–water partition coefficient (Wildman–Crippen LogP) is 3.30. The summed E-state index contributed by atoms with van der Waals surface area (Å²) in [5.74, 6) is 0.128. The van der Waals surface area contributed by atoms with Gasteiger partial charge >= 0.3 is 0 Å². The maximum Gasteiger partial charge on any atom is 0.253 e. The molecule has 4 heteroatoms. The first-order valence-corrected chi connectivity index (χ1v) is 7.91. The van der Waals surface area contributed by atoms with Crippen molar-refractivity contribution < 1.29 is 4.79 Å². The van der Waals surface area contributed by atoms with Crippen LogP contribution in [0.5, 0.6) is 0 Å². The maximum atomic E-state index is 12.4. The van der Waals surface area contributed by atoms with E-state index in [-0.39, 0.29) is 5.91 Å². The first kappa shape index (κ1) is 15.1. The molecule has 0 aliphatic carbocycles. The largest absolute Gasteiger partial charge is 0.336 e. The Labute approximate surface area is 136 Å². The Balaban J connectivity index is 1.55. The van der Waals surface area contributed by atoms with Crippen molar-refractivity contribution in [2.45, 2.75) is 6.54 Å². The number of hydrogen-bond acceptors (Lipinski definition) is 2. The van der Waals surface area contributed by atoms with E-state index in [1.807, 2.05) is 53.4 Å². The van der Waals surface area contributed by atoms with Gasteiger partial charge in [0.05, 0.1) is 0 Å². The summed E-state index contributed by atoms with van der Waals surface area (Å²) in [6, 6.07) is 17.5. The number of piperazine rings is 1. The molecular weight excluding hydrogens is 296 g/mol. The highest BCUT2D eigenvalue weighted by Gasteiger charge is 2.21. The highest BCUT2D eigenvalue weighted by molar-refractivity contribution is 6.30. The van der Waals surface area contributed by atoms with Gasteiger partial charge in [-0.05, 0) is 29.8 Å². The molecule has 0 radical (unpaired) electrons. The van der Waals surface area contributed by atoms with Crippen LogP contribution in [0, 0.1) is 0 Å². The Bertz CT molecular complexity index is 637. The monoisotopic (exact) mass is 314 g/mol. The number of benzene rings is 2. The van der Waals surface area contributed by atoms with Gasteiger partial charge < -0.3 is 4.90 Å². The summed E-state index contributed by atoms with van der Waals surface area (Å²) in [4.78, 5) is 16.7. The molecule has 0 spiro atoms. The van der Waals surface area contributed by atoms with Gasteiger partial charge in [0.1, 0.15) is 0 Å². The molecule has 1 fully saturated rings. The normalized spacial score (nSPS) is 15.8. The molecule has 1 aliphatic rings. The lowest BCUT2D eigenvalue weighted by molar-refractivity contribution is 0.0628. The molecule has 22 heavy (non-hydrogen) atoms. The third kappa shape index (κ3) is 3.67. The third-order valence-corrected chi connectivity index (χ3v) is 4.21. The zero-order chi connectivity index (χ0) is 15.4. The minimum Gasteiger partial charge on any atom is -0.336 e. The number of hydrogen-bond donors (Lipinski definition) is 0. The molecule has 1 amide bonds. The number of amides is 1. The first-order valence-electron chi connectivity index (χ1n) is 7.53. The van der Waals surface area contributed by atoms with E-state index in [1.54, 1.807) is 0 Å². The second-order valence-corrected chi connectivity index (χ2v) is 6.00. The lowest BCUT2D eigenvalue weighted by Crippen LogP contribution is -2.48. The molecule has 0 aromatic heterocycles. The quantitative estimate of drug-likeness (QED) is 0.868. The summed E-state index contributed by atoms with van der Waals surface area (Å²) >= 11 is 6.02. The van der Waals surface area contributed by atoms with Crippen LogP contribution in [0.3, 0.4) is 0 Å². The van der Waals surface area contributed by atoms with Crippen LogP contribution >= 0.6 is 11.6 Å². The van der Waals surface area contributed by atoms with Gasteiger partial charge in [-0.25, -0.2) is 0 Å². The van der Waals surface area contributed by atoms with Gasteiger partial charge in [-0.2, -0.15) is 0 Å². The van der Waals surface area contributed by atoms with Crippen LogP contribution in [-0.2, 0) is 6.54 Å². The van der Waals surface area contributed by atoms with E-state index >= 15 is 0 Å². The molecule has 0 saturated carbocycles. The van der Waals surface area contributed by atoms with Crippen molar-refractivity contribution in [1.29, 1.82) is 0 Å². The molecule has 0 bridgehead atoms. The Morgan fingerprint density at radius 1 is 0.955 bits per heavy atom. The molecule has 3 nitrogen and oxygen atoms in total. The third-order valence-electron chi connectivity index (χ3n) is 3.98.